The van der Waals surface area contributed by atoms with Gasteiger partial charge in [-0.05, 0) is 35.3 Å². The van der Waals surface area contributed by atoms with Gasteiger partial charge in [0.1, 0.15) is 0 Å². The van der Waals surface area contributed by atoms with Crippen LogP contribution in [0.15, 0.2) is 21.5 Å². The topological polar surface area (TPSA) is 22.0 Å². The summed E-state index contributed by atoms with van der Waals surface area (Å²) in [6, 6.07) is 1.89. The van der Waals surface area contributed by atoms with E-state index < -0.39 is 0 Å². The first-order valence-corrected chi connectivity index (χ1v) is 9.31. The van der Waals surface area contributed by atoms with Crippen molar-refractivity contribution in [2.75, 3.05) is 0 Å². The molecule has 0 saturated heterocycles. The van der Waals surface area contributed by atoms with Crippen molar-refractivity contribution in [2.24, 2.45) is 0 Å². The van der Waals surface area contributed by atoms with Gasteiger partial charge in [0, 0.05) is 22.8 Å². The number of rotatable bonds is 11. The molecule has 0 aliphatic heterocycles. The molecular weight excluding hydrogens is 326 g/mol. The van der Waals surface area contributed by atoms with E-state index in [4.69, 9.17) is 0 Å². The Hall–Kier alpha value is -0.570. The lowest BCUT2D eigenvalue weighted by atomic mass is 10.1. The summed E-state index contributed by atoms with van der Waals surface area (Å²) >= 11 is 3.46. The molecule has 0 spiro atoms. The number of nitrogens with zero attached hydrogens (tertiary/aromatic N) is 1. The predicted octanol–water partition coefficient (Wildman–Crippen LogP) is 5.84. The minimum Gasteiger partial charge on any atom is -0.314 e. The molecule has 0 aliphatic rings. The number of aryl methyl sites for hydroxylation is 2. The van der Waals surface area contributed by atoms with Crippen molar-refractivity contribution in [1.82, 2.24) is 4.57 Å². The molecule has 0 unspecified atom stereocenters. The van der Waals surface area contributed by atoms with Gasteiger partial charge in [-0.25, -0.2) is 0 Å². The van der Waals surface area contributed by atoms with Crippen LogP contribution in [0.4, 0.5) is 0 Å². The molecule has 0 aliphatic carbocycles. The summed E-state index contributed by atoms with van der Waals surface area (Å²) in [5.74, 6) is 0. The quantitative estimate of drug-likeness (QED) is 0.457. The van der Waals surface area contributed by atoms with Crippen LogP contribution in [0.3, 0.4) is 0 Å². The summed E-state index contributed by atoms with van der Waals surface area (Å²) in [5, 5.41) is 0. The van der Waals surface area contributed by atoms with Crippen LogP contribution in [0.1, 0.15) is 76.7 Å². The molecule has 0 saturated carbocycles. The average molecular weight is 356 g/mol. The second-order valence-corrected chi connectivity index (χ2v) is 6.94. The van der Waals surface area contributed by atoms with Crippen molar-refractivity contribution >= 4 is 15.9 Å². The van der Waals surface area contributed by atoms with E-state index in [2.05, 4.69) is 22.9 Å². The molecule has 120 valence electrons. The summed E-state index contributed by atoms with van der Waals surface area (Å²) in [7, 11) is 0. The molecule has 1 heterocycles. The van der Waals surface area contributed by atoms with Crippen molar-refractivity contribution < 1.29 is 0 Å². The molecule has 2 nitrogen and oxygen atoms in total. The van der Waals surface area contributed by atoms with Gasteiger partial charge in [-0.1, -0.05) is 64.7 Å². The van der Waals surface area contributed by atoms with E-state index in [9.17, 15) is 4.79 Å². The Morgan fingerprint density at radius 1 is 0.952 bits per heavy atom. The number of hydrogen-bond acceptors (Lipinski definition) is 1. The average Bonchev–Trinajstić information content (AvgIpc) is 2.45. The van der Waals surface area contributed by atoms with Crippen molar-refractivity contribution in [3.63, 3.8) is 0 Å². The van der Waals surface area contributed by atoms with Gasteiger partial charge >= 0.3 is 0 Å². The molecule has 0 atom stereocenters. The van der Waals surface area contributed by atoms with Crippen molar-refractivity contribution in [2.45, 2.75) is 84.6 Å². The fourth-order valence-electron chi connectivity index (χ4n) is 2.68. The van der Waals surface area contributed by atoms with Gasteiger partial charge in [-0.3, -0.25) is 4.79 Å². The maximum Gasteiger partial charge on any atom is 0.253 e. The zero-order chi connectivity index (χ0) is 15.5. The second-order valence-electron chi connectivity index (χ2n) is 6.02. The fraction of sp³-hybridized carbons (Fsp3) is 0.722. The standard InChI is InChI=1S/C18H30BrNO/c1-3-4-5-6-7-8-9-10-11-12-13-20-15-17(19)14-16(2)18(20)21/h14-15H,3-13H2,1-2H3. The van der Waals surface area contributed by atoms with Crippen LogP contribution in [0.5, 0.6) is 0 Å². The Bertz CT molecular complexity index is 453. The molecule has 0 bridgehead atoms. The maximum atomic E-state index is 12.0. The third kappa shape index (κ3) is 7.85. The summed E-state index contributed by atoms with van der Waals surface area (Å²) in [6.07, 6.45) is 15.2. The van der Waals surface area contributed by atoms with Crippen LogP contribution in [-0.4, -0.2) is 4.57 Å². The lowest BCUT2D eigenvalue weighted by Gasteiger charge is -2.07. The summed E-state index contributed by atoms with van der Waals surface area (Å²) in [5.41, 5.74) is 0.963. The lowest BCUT2D eigenvalue weighted by molar-refractivity contribution is 0.529. The molecule has 0 aromatic carbocycles. The Morgan fingerprint density at radius 2 is 1.48 bits per heavy atom. The molecule has 1 aromatic heterocycles. The molecule has 0 N–H and O–H groups in total. The van der Waals surface area contributed by atoms with Crippen molar-refractivity contribution in [3.05, 3.63) is 32.7 Å². The number of hydrogen-bond donors (Lipinski definition) is 0. The zero-order valence-electron chi connectivity index (χ0n) is 13.7. The normalized spacial score (nSPS) is 11.0. The van der Waals surface area contributed by atoms with E-state index in [1.54, 1.807) is 0 Å². The largest absolute Gasteiger partial charge is 0.314 e. The summed E-state index contributed by atoms with van der Waals surface area (Å²) in [6.45, 7) is 4.98. The van der Waals surface area contributed by atoms with Gasteiger partial charge in [-0.15, -0.1) is 0 Å². The second kappa shape index (κ2) is 11.1. The first-order valence-electron chi connectivity index (χ1n) is 8.51. The van der Waals surface area contributed by atoms with Gasteiger partial charge < -0.3 is 4.57 Å². The van der Waals surface area contributed by atoms with E-state index >= 15 is 0 Å². The zero-order valence-corrected chi connectivity index (χ0v) is 15.3. The van der Waals surface area contributed by atoms with Gasteiger partial charge in [0.15, 0.2) is 0 Å². The Balaban J connectivity index is 2.08. The van der Waals surface area contributed by atoms with E-state index in [0.29, 0.717) is 0 Å². The van der Waals surface area contributed by atoms with Crippen molar-refractivity contribution in [1.29, 1.82) is 0 Å². The molecule has 3 heteroatoms. The first kappa shape index (κ1) is 18.5. The van der Waals surface area contributed by atoms with Gasteiger partial charge in [0.2, 0.25) is 0 Å². The van der Waals surface area contributed by atoms with Crippen LogP contribution in [-0.2, 0) is 6.54 Å². The third-order valence-corrected chi connectivity index (χ3v) is 4.42. The smallest absolute Gasteiger partial charge is 0.253 e. The van der Waals surface area contributed by atoms with E-state index in [-0.39, 0.29) is 5.56 Å². The number of unbranched alkanes of at least 4 members (excludes halogenated alkanes) is 9. The minimum atomic E-state index is 0.147. The highest BCUT2D eigenvalue weighted by atomic mass is 79.9. The van der Waals surface area contributed by atoms with Gasteiger partial charge in [0.05, 0.1) is 0 Å². The first-order chi connectivity index (χ1) is 10.1. The van der Waals surface area contributed by atoms with E-state index in [1.807, 2.05) is 23.8 Å². The highest BCUT2D eigenvalue weighted by Crippen LogP contribution is 2.12. The highest BCUT2D eigenvalue weighted by molar-refractivity contribution is 9.10. The molecule has 1 rings (SSSR count). The van der Waals surface area contributed by atoms with Crippen molar-refractivity contribution in [3.8, 4) is 0 Å². The van der Waals surface area contributed by atoms with Gasteiger partial charge in [0.25, 0.3) is 5.56 Å². The number of halogens is 1. The lowest BCUT2D eigenvalue weighted by Crippen LogP contribution is -2.21. The maximum absolute atomic E-state index is 12.0. The third-order valence-electron chi connectivity index (χ3n) is 3.98. The van der Waals surface area contributed by atoms with Crippen LogP contribution in [0, 0.1) is 6.92 Å². The van der Waals surface area contributed by atoms with Gasteiger partial charge in [-0.2, -0.15) is 0 Å². The molecular formula is C18H30BrNO. The summed E-state index contributed by atoms with van der Waals surface area (Å²) < 4.78 is 2.83. The predicted molar refractivity (Wildman–Crippen MR) is 95.0 cm³/mol. The minimum absolute atomic E-state index is 0.147. The number of aromatic nitrogens is 1. The molecule has 0 radical (unpaired) electrons. The Morgan fingerprint density at radius 3 is 2.05 bits per heavy atom. The van der Waals surface area contributed by atoms with E-state index in [0.717, 1.165) is 23.0 Å². The molecule has 0 fully saturated rings. The monoisotopic (exact) mass is 355 g/mol. The molecule has 21 heavy (non-hydrogen) atoms. The SMILES string of the molecule is CCCCCCCCCCCCn1cc(Br)cc(C)c1=O. The molecule has 1 aromatic rings. The van der Waals surface area contributed by atoms with Crippen LogP contribution >= 0.6 is 15.9 Å². The molecule has 0 amide bonds. The highest BCUT2D eigenvalue weighted by Gasteiger charge is 2.01. The van der Waals surface area contributed by atoms with Crippen LogP contribution in [0.25, 0.3) is 0 Å². The Kier molecular flexibility index (Phi) is 9.73. The fourth-order valence-corrected chi connectivity index (χ4v) is 3.27. The van der Waals surface area contributed by atoms with Crippen LogP contribution < -0.4 is 5.56 Å². The Labute approximate surface area is 138 Å². The number of pyridine rings is 1. The summed E-state index contributed by atoms with van der Waals surface area (Å²) in [4.78, 5) is 12.0. The van der Waals surface area contributed by atoms with E-state index in [1.165, 1.54) is 57.8 Å². The van der Waals surface area contributed by atoms with Crippen LogP contribution in [0.2, 0.25) is 0 Å².